The van der Waals surface area contributed by atoms with Crippen LogP contribution >= 0.6 is 0 Å². The van der Waals surface area contributed by atoms with Crippen LogP contribution in [0.2, 0.25) is 0 Å². The molecule has 1 fully saturated rings. The number of nitrogens with one attached hydrogen (secondary N) is 1. The van der Waals surface area contributed by atoms with Crippen LogP contribution in [0.1, 0.15) is 40.0 Å². The number of hydrogen-bond donors (Lipinski definition) is 2. The molecule has 3 N–H and O–H groups in total. The van der Waals surface area contributed by atoms with Gasteiger partial charge < -0.3 is 15.8 Å². The highest BCUT2D eigenvalue weighted by Gasteiger charge is 2.26. The summed E-state index contributed by atoms with van der Waals surface area (Å²) in [4.78, 5) is 11.4. The largest absolute Gasteiger partial charge is 0.444 e. The molecule has 1 aliphatic carbocycles. The molecule has 0 radical (unpaired) electrons. The van der Waals surface area contributed by atoms with E-state index in [0.717, 1.165) is 13.0 Å². The Morgan fingerprint density at radius 3 is 2.56 bits per heavy atom. The van der Waals surface area contributed by atoms with Gasteiger partial charge in [-0.1, -0.05) is 6.42 Å². The van der Waals surface area contributed by atoms with Gasteiger partial charge >= 0.3 is 6.09 Å². The summed E-state index contributed by atoms with van der Waals surface area (Å²) in [6.07, 6.45) is 3.26. The summed E-state index contributed by atoms with van der Waals surface area (Å²) in [5, 5.41) is 2.83. The van der Waals surface area contributed by atoms with Crippen LogP contribution < -0.4 is 11.1 Å². The van der Waals surface area contributed by atoms with E-state index in [4.69, 9.17) is 10.5 Å². The van der Waals surface area contributed by atoms with E-state index in [9.17, 15) is 4.79 Å². The third-order valence-corrected chi connectivity index (χ3v) is 3.03. The highest BCUT2D eigenvalue weighted by Crippen LogP contribution is 2.30. The number of alkyl carbamates (subject to hydrolysis) is 1. The predicted molar refractivity (Wildman–Crippen MR) is 64.1 cm³/mol. The van der Waals surface area contributed by atoms with Gasteiger partial charge in [-0.25, -0.2) is 4.79 Å². The first-order valence-electron chi connectivity index (χ1n) is 6.09. The number of amides is 1. The lowest BCUT2D eigenvalue weighted by molar-refractivity contribution is 0.0516. The van der Waals surface area contributed by atoms with Crippen molar-refractivity contribution >= 4 is 6.09 Å². The molecular formula is C12H24N2O2. The Hall–Kier alpha value is -0.770. The van der Waals surface area contributed by atoms with Crippen molar-refractivity contribution in [2.75, 3.05) is 13.1 Å². The molecule has 1 aliphatic rings. The smallest absolute Gasteiger partial charge is 0.407 e. The second-order valence-electron chi connectivity index (χ2n) is 5.57. The van der Waals surface area contributed by atoms with Gasteiger partial charge in [0.2, 0.25) is 0 Å². The van der Waals surface area contributed by atoms with Crippen LogP contribution in [-0.2, 0) is 4.74 Å². The van der Waals surface area contributed by atoms with E-state index < -0.39 is 5.60 Å². The maximum absolute atomic E-state index is 11.4. The first-order chi connectivity index (χ1) is 7.42. The lowest BCUT2D eigenvalue weighted by atomic mass is 9.96. The van der Waals surface area contributed by atoms with Crippen molar-refractivity contribution in [3.8, 4) is 0 Å². The molecule has 0 unspecified atom stereocenters. The molecule has 0 aromatic rings. The minimum Gasteiger partial charge on any atom is -0.444 e. The fraction of sp³-hybridized carbons (Fsp3) is 0.917. The Labute approximate surface area is 97.9 Å². The van der Waals surface area contributed by atoms with E-state index >= 15 is 0 Å². The summed E-state index contributed by atoms with van der Waals surface area (Å²) in [7, 11) is 0. The lowest BCUT2D eigenvalue weighted by Crippen LogP contribution is -2.36. The molecular weight excluding hydrogens is 204 g/mol. The molecule has 4 nitrogen and oxygen atoms in total. The van der Waals surface area contributed by atoms with Crippen molar-refractivity contribution in [2.24, 2.45) is 17.6 Å². The van der Waals surface area contributed by atoms with Crippen LogP contribution in [-0.4, -0.2) is 24.8 Å². The SMILES string of the molecule is CC(C)(C)OC(=O)NC[C@@H]1CCC[C@H]1CN. The highest BCUT2D eigenvalue weighted by atomic mass is 16.6. The van der Waals surface area contributed by atoms with Crippen LogP contribution in [0.3, 0.4) is 0 Å². The van der Waals surface area contributed by atoms with E-state index in [1.165, 1.54) is 12.8 Å². The zero-order valence-electron chi connectivity index (χ0n) is 10.6. The minimum atomic E-state index is -0.424. The van der Waals surface area contributed by atoms with Gasteiger partial charge in [0.15, 0.2) is 0 Å². The normalized spacial score (nSPS) is 25.5. The predicted octanol–water partition coefficient (Wildman–Crippen LogP) is 1.89. The Bertz CT molecular complexity index is 236. The number of carbonyl (C=O) groups excluding carboxylic acids is 1. The molecule has 1 rings (SSSR count). The van der Waals surface area contributed by atoms with Gasteiger partial charge in [0.25, 0.3) is 0 Å². The molecule has 0 spiro atoms. The van der Waals surface area contributed by atoms with E-state index in [-0.39, 0.29) is 6.09 Å². The molecule has 0 bridgehead atoms. The quantitative estimate of drug-likeness (QED) is 0.775. The van der Waals surface area contributed by atoms with Crippen molar-refractivity contribution in [1.29, 1.82) is 0 Å². The highest BCUT2D eigenvalue weighted by molar-refractivity contribution is 5.67. The van der Waals surface area contributed by atoms with Crippen LogP contribution in [0.4, 0.5) is 4.79 Å². The molecule has 0 saturated heterocycles. The van der Waals surface area contributed by atoms with E-state index in [0.29, 0.717) is 18.4 Å². The maximum Gasteiger partial charge on any atom is 0.407 e. The van der Waals surface area contributed by atoms with E-state index in [1.807, 2.05) is 20.8 Å². The Morgan fingerprint density at radius 2 is 2.00 bits per heavy atom. The zero-order chi connectivity index (χ0) is 12.2. The van der Waals surface area contributed by atoms with Crippen molar-refractivity contribution in [2.45, 2.75) is 45.6 Å². The molecule has 4 heteroatoms. The lowest BCUT2D eigenvalue weighted by Gasteiger charge is -2.22. The number of hydrogen-bond acceptors (Lipinski definition) is 3. The molecule has 94 valence electrons. The van der Waals surface area contributed by atoms with Crippen molar-refractivity contribution in [3.05, 3.63) is 0 Å². The van der Waals surface area contributed by atoms with Gasteiger partial charge in [-0.15, -0.1) is 0 Å². The van der Waals surface area contributed by atoms with Gasteiger partial charge in [-0.3, -0.25) is 0 Å². The molecule has 0 aromatic heterocycles. The summed E-state index contributed by atoms with van der Waals surface area (Å²) in [5.74, 6) is 1.09. The second kappa shape index (κ2) is 5.53. The van der Waals surface area contributed by atoms with Crippen LogP contribution in [0.25, 0.3) is 0 Å². The summed E-state index contributed by atoms with van der Waals surface area (Å²) in [6.45, 7) is 7.01. The number of ether oxygens (including phenoxy) is 1. The fourth-order valence-corrected chi connectivity index (χ4v) is 2.22. The molecule has 0 heterocycles. The van der Waals surface area contributed by atoms with Gasteiger partial charge in [0, 0.05) is 6.54 Å². The molecule has 16 heavy (non-hydrogen) atoms. The van der Waals surface area contributed by atoms with Gasteiger partial charge in [-0.2, -0.15) is 0 Å². The maximum atomic E-state index is 11.4. The molecule has 0 aliphatic heterocycles. The third kappa shape index (κ3) is 4.39. The van der Waals surface area contributed by atoms with E-state index in [1.54, 1.807) is 0 Å². The van der Waals surface area contributed by atoms with Crippen LogP contribution in [0.5, 0.6) is 0 Å². The zero-order valence-corrected chi connectivity index (χ0v) is 10.6. The Balaban J connectivity index is 2.26. The third-order valence-electron chi connectivity index (χ3n) is 3.03. The molecule has 1 saturated carbocycles. The van der Waals surface area contributed by atoms with Gasteiger partial charge in [-0.05, 0) is 52.0 Å². The summed E-state index contributed by atoms with van der Waals surface area (Å²) in [6, 6.07) is 0. The van der Waals surface area contributed by atoms with Gasteiger partial charge in [0.1, 0.15) is 5.60 Å². The minimum absolute atomic E-state index is 0.324. The number of rotatable bonds is 3. The number of nitrogens with two attached hydrogens (primary N) is 1. The van der Waals surface area contributed by atoms with E-state index in [2.05, 4.69) is 5.32 Å². The Morgan fingerprint density at radius 1 is 1.38 bits per heavy atom. The monoisotopic (exact) mass is 228 g/mol. The van der Waals surface area contributed by atoms with Crippen molar-refractivity contribution in [3.63, 3.8) is 0 Å². The fourth-order valence-electron chi connectivity index (χ4n) is 2.22. The Kier molecular flexibility index (Phi) is 4.59. The average molecular weight is 228 g/mol. The molecule has 0 aromatic carbocycles. The summed E-state index contributed by atoms with van der Waals surface area (Å²) in [5.41, 5.74) is 5.26. The first-order valence-corrected chi connectivity index (χ1v) is 6.09. The van der Waals surface area contributed by atoms with Crippen molar-refractivity contribution in [1.82, 2.24) is 5.32 Å². The molecule has 1 amide bonds. The average Bonchev–Trinajstić information content (AvgIpc) is 2.59. The number of carbonyl (C=O) groups is 1. The summed E-state index contributed by atoms with van der Waals surface area (Å²) >= 11 is 0. The topological polar surface area (TPSA) is 64.3 Å². The standard InChI is InChI=1S/C12H24N2O2/c1-12(2,3)16-11(15)14-8-10-6-4-5-9(10)7-13/h9-10H,4-8,13H2,1-3H3,(H,14,15)/t9-,10-/m0/s1. The second-order valence-corrected chi connectivity index (χ2v) is 5.57. The molecule has 2 atom stereocenters. The van der Waals surface area contributed by atoms with Gasteiger partial charge in [0.05, 0.1) is 0 Å². The first kappa shape index (κ1) is 13.3. The van der Waals surface area contributed by atoms with Crippen molar-refractivity contribution < 1.29 is 9.53 Å². The van der Waals surface area contributed by atoms with Crippen LogP contribution in [0, 0.1) is 11.8 Å². The van der Waals surface area contributed by atoms with Crippen LogP contribution in [0.15, 0.2) is 0 Å². The summed E-state index contributed by atoms with van der Waals surface area (Å²) < 4.78 is 5.19.